The van der Waals surface area contributed by atoms with Crippen molar-refractivity contribution in [2.24, 2.45) is 0 Å². The van der Waals surface area contributed by atoms with Crippen molar-refractivity contribution in [2.75, 3.05) is 11.9 Å². The fraction of sp³-hybridized carbons (Fsp3) is 0.261. The smallest absolute Gasteiger partial charge is 0.243 e. The van der Waals surface area contributed by atoms with Crippen LogP contribution in [0.15, 0.2) is 65.7 Å². The number of hydrogen-bond acceptors (Lipinski definition) is 5. The lowest BCUT2D eigenvalue weighted by Gasteiger charge is -2.33. The second-order valence-electron chi connectivity index (χ2n) is 7.57. The first-order valence-corrected chi connectivity index (χ1v) is 11.6. The van der Waals surface area contributed by atoms with E-state index in [-0.39, 0.29) is 23.1 Å². The molecule has 2 heterocycles. The molecule has 3 aromatic rings. The van der Waals surface area contributed by atoms with Crippen LogP contribution in [-0.2, 0) is 14.8 Å². The Kier molecular flexibility index (Phi) is 5.84. The predicted octanol–water partition coefficient (Wildman–Crippen LogP) is 3.62. The molecule has 2 aromatic carbocycles. The summed E-state index contributed by atoms with van der Waals surface area (Å²) in [6, 6.07) is 14.1. The zero-order valence-corrected chi connectivity index (χ0v) is 17.9. The van der Waals surface area contributed by atoms with E-state index in [1.807, 2.05) is 12.1 Å². The van der Waals surface area contributed by atoms with Crippen LogP contribution in [-0.4, -0.2) is 42.0 Å². The third kappa shape index (κ3) is 4.22. The van der Waals surface area contributed by atoms with Gasteiger partial charge in [0.05, 0.1) is 16.1 Å². The number of rotatable bonds is 5. The number of aromatic nitrogens is 1. The Morgan fingerprint density at radius 2 is 1.81 bits per heavy atom. The molecule has 1 aromatic heterocycles. The highest BCUT2D eigenvalue weighted by Crippen LogP contribution is 2.28. The SMILES string of the molecule is CC(=O)c1ccc(S(=O)(=O)N2CCCCC2C(=O)Nc2cccc3ncccc23)cc1. The van der Waals surface area contributed by atoms with Crippen molar-refractivity contribution in [3.8, 4) is 0 Å². The molecule has 0 saturated carbocycles. The van der Waals surface area contributed by atoms with Gasteiger partial charge in [-0.25, -0.2) is 8.42 Å². The number of nitrogens with one attached hydrogen (secondary N) is 1. The van der Waals surface area contributed by atoms with Gasteiger partial charge in [0.1, 0.15) is 6.04 Å². The molecule has 1 unspecified atom stereocenters. The van der Waals surface area contributed by atoms with E-state index in [4.69, 9.17) is 0 Å². The van der Waals surface area contributed by atoms with Crippen LogP contribution in [0, 0.1) is 0 Å². The summed E-state index contributed by atoms with van der Waals surface area (Å²) in [5.74, 6) is -0.497. The lowest BCUT2D eigenvalue weighted by atomic mass is 10.0. The third-order valence-electron chi connectivity index (χ3n) is 5.53. The summed E-state index contributed by atoms with van der Waals surface area (Å²) in [4.78, 5) is 29.0. The lowest BCUT2D eigenvalue weighted by Crippen LogP contribution is -2.49. The molecular weight excluding hydrogens is 414 g/mol. The molecule has 0 spiro atoms. The Morgan fingerprint density at radius 3 is 2.55 bits per heavy atom. The number of carbonyl (C=O) groups excluding carboxylic acids is 2. The summed E-state index contributed by atoms with van der Waals surface area (Å²) in [5.41, 5.74) is 1.79. The summed E-state index contributed by atoms with van der Waals surface area (Å²) in [6.07, 6.45) is 3.58. The van der Waals surface area contributed by atoms with Crippen molar-refractivity contribution in [3.05, 3.63) is 66.4 Å². The van der Waals surface area contributed by atoms with Crippen LogP contribution in [0.2, 0.25) is 0 Å². The fourth-order valence-electron chi connectivity index (χ4n) is 3.88. The maximum absolute atomic E-state index is 13.3. The largest absolute Gasteiger partial charge is 0.324 e. The van der Waals surface area contributed by atoms with E-state index in [0.29, 0.717) is 24.1 Å². The highest BCUT2D eigenvalue weighted by atomic mass is 32.2. The Bertz CT molecular complexity index is 1230. The third-order valence-corrected chi connectivity index (χ3v) is 7.45. The van der Waals surface area contributed by atoms with E-state index in [0.717, 1.165) is 17.3 Å². The minimum Gasteiger partial charge on any atom is -0.324 e. The molecule has 1 aliphatic rings. The Labute approximate surface area is 181 Å². The van der Waals surface area contributed by atoms with Gasteiger partial charge < -0.3 is 5.32 Å². The molecule has 1 N–H and O–H groups in total. The normalized spacial score (nSPS) is 17.4. The number of sulfonamides is 1. The van der Waals surface area contributed by atoms with E-state index in [1.54, 1.807) is 24.4 Å². The van der Waals surface area contributed by atoms with E-state index >= 15 is 0 Å². The average Bonchev–Trinajstić information content (AvgIpc) is 2.79. The molecule has 1 amide bonds. The van der Waals surface area contributed by atoms with Crippen molar-refractivity contribution in [3.63, 3.8) is 0 Å². The molecule has 31 heavy (non-hydrogen) atoms. The van der Waals surface area contributed by atoms with Crippen LogP contribution in [0.5, 0.6) is 0 Å². The number of fused-ring (bicyclic) bond motifs is 1. The number of Topliss-reactive ketones (excluding diaryl/α,β-unsaturated/α-hetero) is 1. The summed E-state index contributed by atoms with van der Waals surface area (Å²) in [7, 11) is -3.88. The zero-order valence-electron chi connectivity index (χ0n) is 17.1. The number of nitrogens with zero attached hydrogens (tertiary/aromatic N) is 2. The van der Waals surface area contributed by atoms with Gasteiger partial charge in [-0.15, -0.1) is 0 Å². The number of benzene rings is 2. The topological polar surface area (TPSA) is 96.4 Å². The molecule has 1 fully saturated rings. The zero-order chi connectivity index (χ0) is 22.0. The second-order valence-corrected chi connectivity index (χ2v) is 9.46. The van der Waals surface area contributed by atoms with Gasteiger partial charge in [-0.3, -0.25) is 14.6 Å². The van der Waals surface area contributed by atoms with Crippen molar-refractivity contribution < 1.29 is 18.0 Å². The average molecular weight is 438 g/mol. The van der Waals surface area contributed by atoms with Crippen molar-refractivity contribution >= 4 is 38.3 Å². The molecule has 4 rings (SSSR count). The van der Waals surface area contributed by atoms with Crippen LogP contribution in [0.1, 0.15) is 36.5 Å². The number of ketones is 1. The van der Waals surface area contributed by atoms with Gasteiger partial charge in [-0.2, -0.15) is 4.31 Å². The highest BCUT2D eigenvalue weighted by Gasteiger charge is 2.37. The van der Waals surface area contributed by atoms with Crippen LogP contribution in [0.4, 0.5) is 5.69 Å². The lowest BCUT2D eigenvalue weighted by molar-refractivity contribution is -0.120. The van der Waals surface area contributed by atoms with Gasteiger partial charge in [-0.05, 0) is 56.2 Å². The molecule has 0 aliphatic carbocycles. The molecule has 1 aliphatic heterocycles. The predicted molar refractivity (Wildman–Crippen MR) is 118 cm³/mol. The molecule has 1 atom stereocenters. The minimum absolute atomic E-state index is 0.0755. The monoisotopic (exact) mass is 437 g/mol. The van der Waals surface area contributed by atoms with E-state index in [9.17, 15) is 18.0 Å². The summed E-state index contributed by atoms with van der Waals surface area (Å²) >= 11 is 0. The Morgan fingerprint density at radius 1 is 1.03 bits per heavy atom. The molecule has 0 bridgehead atoms. The fourth-order valence-corrected chi connectivity index (χ4v) is 5.54. The van der Waals surface area contributed by atoms with E-state index in [1.165, 1.54) is 35.5 Å². The standard InChI is InChI=1S/C23H23N3O4S/c1-16(27)17-10-12-18(13-11-17)31(29,30)26-15-3-2-9-22(26)23(28)25-21-8-4-7-20-19(21)6-5-14-24-20/h4-8,10-14,22H,2-3,9,15H2,1H3,(H,25,28). The maximum atomic E-state index is 13.3. The number of amides is 1. The van der Waals surface area contributed by atoms with E-state index < -0.39 is 16.1 Å². The molecule has 7 nitrogen and oxygen atoms in total. The number of hydrogen-bond donors (Lipinski definition) is 1. The quantitative estimate of drug-likeness (QED) is 0.615. The van der Waals surface area contributed by atoms with Crippen molar-refractivity contribution in [1.29, 1.82) is 0 Å². The van der Waals surface area contributed by atoms with Gasteiger partial charge in [-0.1, -0.05) is 24.6 Å². The first-order valence-electron chi connectivity index (χ1n) is 10.2. The van der Waals surface area contributed by atoms with Crippen molar-refractivity contribution in [2.45, 2.75) is 37.1 Å². The van der Waals surface area contributed by atoms with E-state index in [2.05, 4.69) is 10.3 Å². The Hall–Kier alpha value is -3.10. The Balaban J connectivity index is 1.62. The summed E-state index contributed by atoms with van der Waals surface area (Å²) < 4.78 is 27.9. The summed E-state index contributed by atoms with van der Waals surface area (Å²) in [6.45, 7) is 1.70. The molecule has 0 radical (unpaired) electrons. The van der Waals surface area contributed by atoms with Gasteiger partial charge in [0, 0.05) is 23.7 Å². The van der Waals surface area contributed by atoms with Gasteiger partial charge in [0.2, 0.25) is 15.9 Å². The first-order chi connectivity index (χ1) is 14.9. The highest BCUT2D eigenvalue weighted by molar-refractivity contribution is 7.89. The number of piperidine rings is 1. The number of pyridine rings is 1. The van der Waals surface area contributed by atoms with Crippen molar-refractivity contribution in [1.82, 2.24) is 9.29 Å². The summed E-state index contributed by atoms with van der Waals surface area (Å²) in [5, 5.41) is 3.70. The molecule has 160 valence electrons. The van der Waals surface area contributed by atoms with Crippen LogP contribution >= 0.6 is 0 Å². The van der Waals surface area contributed by atoms with Gasteiger partial charge in [0.25, 0.3) is 0 Å². The minimum atomic E-state index is -3.88. The molecule has 1 saturated heterocycles. The second kappa shape index (κ2) is 8.56. The van der Waals surface area contributed by atoms with Gasteiger partial charge in [0.15, 0.2) is 5.78 Å². The van der Waals surface area contributed by atoms with Crippen LogP contribution in [0.25, 0.3) is 10.9 Å². The number of anilines is 1. The molecule has 8 heteroatoms. The maximum Gasteiger partial charge on any atom is 0.243 e. The van der Waals surface area contributed by atoms with Crippen LogP contribution < -0.4 is 5.32 Å². The first kappa shape index (κ1) is 21.1. The molecular formula is C23H23N3O4S. The van der Waals surface area contributed by atoms with Gasteiger partial charge >= 0.3 is 0 Å². The number of carbonyl (C=O) groups is 2. The van der Waals surface area contributed by atoms with Crippen LogP contribution in [0.3, 0.4) is 0 Å².